The Kier molecular flexibility index (Phi) is 6.58. The average molecular weight is 374 g/mol. The van der Waals surface area contributed by atoms with Gasteiger partial charge in [0.05, 0.1) is 19.3 Å². The number of hydrogen-bond acceptors (Lipinski definition) is 4. The Morgan fingerprint density at radius 1 is 1.19 bits per heavy atom. The molecule has 27 heavy (non-hydrogen) atoms. The minimum absolute atomic E-state index is 0.0311. The zero-order valence-electron chi connectivity index (χ0n) is 16.3. The number of likely N-dealkylation sites (tertiary alicyclic amines) is 1. The molecule has 1 aromatic rings. The van der Waals surface area contributed by atoms with E-state index in [1.807, 2.05) is 11.8 Å². The lowest BCUT2D eigenvalue weighted by molar-refractivity contribution is 0.0388. The summed E-state index contributed by atoms with van der Waals surface area (Å²) < 4.78 is 10.5. The van der Waals surface area contributed by atoms with Gasteiger partial charge in [0.15, 0.2) is 0 Å². The van der Waals surface area contributed by atoms with Crippen molar-refractivity contribution in [3.63, 3.8) is 0 Å². The Labute approximate surface area is 161 Å². The van der Waals surface area contributed by atoms with Crippen LogP contribution in [-0.2, 0) is 4.74 Å². The number of amides is 2. The van der Waals surface area contributed by atoms with E-state index in [0.29, 0.717) is 35.6 Å². The van der Waals surface area contributed by atoms with Gasteiger partial charge in [-0.3, -0.25) is 10.1 Å². The summed E-state index contributed by atoms with van der Waals surface area (Å²) in [5.74, 6) is 1.14. The van der Waals surface area contributed by atoms with Gasteiger partial charge in [-0.1, -0.05) is 19.8 Å². The highest BCUT2D eigenvalue weighted by Crippen LogP contribution is 2.37. The van der Waals surface area contributed by atoms with E-state index < -0.39 is 6.09 Å². The summed E-state index contributed by atoms with van der Waals surface area (Å²) in [5, 5.41) is 2.68. The Morgan fingerprint density at radius 3 is 2.74 bits per heavy atom. The molecule has 3 rings (SSSR count). The first-order valence-corrected chi connectivity index (χ1v) is 10.1. The lowest BCUT2D eigenvalue weighted by Gasteiger charge is -2.44. The van der Waals surface area contributed by atoms with Crippen LogP contribution >= 0.6 is 0 Å². The largest absolute Gasteiger partial charge is 0.496 e. The van der Waals surface area contributed by atoms with E-state index in [0.717, 1.165) is 25.8 Å². The van der Waals surface area contributed by atoms with E-state index in [1.54, 1.807) is 25.3 Å². The van der Waals surface area contributed by atoms with E-state index in [4.69, 9.17) is 9.47 Å². The number of methoxy groups -OCH3 is 1. The smallest absolute Gasteiger partial charge is 0.411 e. The maximum Gasteiger partial charge on any atom is 0.411 e. The average Bonchev–Trinajstić information content (AvgIpc) is 2.71. The fourth-order valence-corrected chi connectivity index (χ4v) is 4.33. The van der Waals surface area contributed by atoms with E-state index in [1.165, 1.54) is 25.7 Å². The first-order valence-electron chi connectivity index (χ1n) is 10.1. The molecule has 1 aromatic carbocycles. The number of nitrogens with zero attached hydrogens (tertiary/aromatic N) is 1. The summed E-state index contributed by atoms with van der Waals surface area (Å²) >= 11 is 0. The van der Waals surface area contributed by atoms with Gasteiger partial charge < -0.3 is 14.4 Å². The molecule has 0 radical (unpaired) electrons. The monoisotopic (exact) mass is 374 g/mol. The van der Waals surface area contributed by atoms with Crippen molar-refractivity contribution in [3.05, 3.63) is 23.8 Å². The summed E-state index contributed by atoms with van der Waals surface area (Å²) in [6.07, 6.45) is 7.37. The number of carbonyl (C=O) groups excluding carboxylic acids is 2. The molecular weight excluding hydrogens is 344 g/mol. The molecule has 6 heteroatoms. The van der Waals surface area contributed by atoms with Crippen molar-refractivity contribution < 1.29 is 19.1 Å². The standard InChI is InChI=1S/C21H30N2O4/c1-3-13-27-21(25)22-16-10-11-17(19(14-16)26-2)20(24)23-12-6-8-15-7-4-5-9-18(15)23/h10-11,14-15,18H,3-9,12-13H2,1-2H3,(H,22,25)/t15-,18-/m1/s1. The van der Waals surface area contributed by atoms with Crippen LogP contribution in [0.5, 0.6) is 5.75 Å². The zero-order valence-corrected chi connectivity index (χ0v) is 16.3. The fourth-order valence-electron chi connectivity index (χ4n) is 4.33. The predicted octanol–water partition coefficient (Wildman–Crippen LogP) is 4.45. The molecule has 2 amide bonds. The summed E-state index contributed by atoms with van der Waals surface area (Å²) in [6.45, 7) is 3.12. The van der Waals surface area contributed by atoms with Crippen LogP contribution in [0.25, 0.3) is 0 Å². The van der Waals surface area contributed by atoms with Gasteiger partial charge in [-0.2, -0.15) is 0 Å². The quantitative estimate of drug-likeness (QED) is 0.827. The summed E-state index contributed by atoms with van der Waals surface area (Å²) in [7, 11) is 1.55. The van der Waals surface area contributed by atoms with Crippen molar-refractivity contribution >= 4 is 17.7 Å². The number of ether oxygens (including phenoxy) is 2. The van der Waals surface area contributed by atoms with Crippen LogP contribution in [0.2, 0.25) is 0 Å². The second-order valence-corrected chi connectivity index (χ2v) is 7.43. The molecule has 148 valence electrons. The van der Waals surface area contributed by atoms with Gasteiger partial charge >= 0.3 is 6.09 Å². The van der Waals surface area contributed by atoms with Gasteiger partial charge in [0.1, 0.15) is 5.75 Å². The van der Waals surface area contributed by atoms with Crippen molar-refractivity contribution in [2.75, 3.05) is 25.6 Å². The molecule has 0 spiro atoms. The molecule has 2 fully saturated rings. The lowest BCUT2D eigenvalue weighted by Crippen LogP contribution is -2.49. The van der Waals surface area contributed by atoms with Gasteiger partial charge in [0, 0.05) is 24.3 Å². The first kappa shape index (κ1) is 19.5. The molecule has 6 nitrogen and oxygen atoms in total. The van der Waals surface area contributed by atoms with Gasteiger partial charge in [0.2, 0.25) is 0 Å². The van der Waals surface area contributed by atoms with Gasteiger partial charge in [0.25, 0.3) is 5.91 Å². The van der Waals surface area contributed by atoms with Crippen molar-refractivity contribution in [1.82, 2.24) is 4.90 Å². The van der Waals surface area contributed by atoms with Crippen LogP contribution in [0.3, 0.4) is 0 Å². The third kappa shape index (κ3) is 4.54. The van der Waals surface area contributed by atoms with Crippen LogP contribution in [0.1, 0.15) is 62.2 Å². The number of benzene rings is 1. The van der Waals surface area contributed by atoms with Crippen LogP contribution in [-0.4, -0.2) is 43.2 Å². The van der Waals surface area contributed by atoms with Crippen molar-refractivity contribution in [2.24, 2.45) is 5.92 Å². The highest BCUT2D eigenvalue weighted by molar-refractivity contribution is 5.98. The number of rotatable bonds is 5. The molecular formula is C21H30N2O4. The Bertz CT molecular complexity index is 674. The van der Waals surface area contributed by atoms with Gasteiger partial charge in [-0.25, -0.2) is 4.79 Å². The fraction of sp³-hybridized carbons (Fsp3) is 0.619. The molecule has 1 heterocycles. The minimum atomic E-state index is -0.501. The second kappa shape index (κ2) is 9.11. The van der Waals surface area contributed by atoms with Gasteiger partial charge in [-0.05, 0) is 50.2 Å². The van der Waals surface area contributed by atoms with E-state index >= 15 is 0 Å². The van der Waals surface area contributed by atoms with Crippen LogP contribution in [0, 0.1) is 5.92 Å². The number of anilines is 1. The topological polar surface area (TPSA) is 67.9 Å². The maximum absolute atomic E-state index is 13.2. The number of nitrogens with one attached hydrogen (secondary N) is 1. The molecule has 2 aliphatic rings. The minimum Gasteiger partial charge on any atom is -0.496 e. The lowest BCUT2D eigenvalue weighted by atomic mass is 9.78. The third-order valence-electron chi connectivity index (χ3n) is 5.62. The van der Waals surface area contributed by atoms with Crippen molar-refractivity contribution in [3.8, 4) is 5.75 Å². The molecule has 1 saturated heterocycles. The number of carbonyl (C=O) groups is 2. The number of piperidine rings is 1. The SMILES string of the molecule is CCCOC(=O)Nc1ccc(C(=O)N2CCC[C@H]3CCCC[C@H]32)c(OC)c1. The number of hydrogen-bond donors (Lipinski definition) is 1. The molecule has 1 N–H and O–H groups in total. The van der Waals surface area contributed by atoms with Gasteiger partial charge in [-0.15, -0.1) is 0 Å². The summed E-state index contributed by atoms with van der Waals surface area (Å²) in [6, 6.07) is 5.50. The van der Waals surface area contributed by atoms with Crippen molar-refractivity contribution in [1.29, 1.82) is 0 Å². The Hall–Kier alpha value is -2.24. The van der Waals surface area contributed by atoms with Crippen molar-refractivity contribution in [2.45, 2.75) is 57.9 Å². The highest BCUT2D eigenvalue weighted by Gasteiger charge is 2.36. The normalized spacial score (nSPS) is 21.9. The molecule has 1 saturated carbocycles. The summed E-state index contributed by atoms with van der Waals surface area (Å²) in [4.78, 5) is 27.0. The van der Waals surface area contributed by atoms with E-state index in [9.17, 15) is 9.59 Å². The Morgan fingerprint density at radius 2 is 1.96 bits per heavy atom. The molecule has 0 aromatic heterocycles. The zero-order chi connectivity index (χ0) is 19.2. The maximum atomic E-state index is 13.2. The van der Waals surface area contributed by atoms with Crippen LogP contribution in [0.15, 0.2) is 18.2 Å². The molecule has 0 bridgehead atoms. The second-order valence-electron chi connectivity index (χ2n) is 7.43. The molecule has 1 aliphatic carbocycles. The molecule has 2 atom stereocenters. The van der Waals surface area contributed by atoms with Crippen LogP contribution in [0.4, 0.5) is 10.5 Å². The predicted molar refractivity (Wildman–Crippen MR) is 104 cm³/mol. The first-order chi connectivity index (χ1) is 13.1. The number of fused-ring (bicyclic) bond motifs is 1. The Balaban J connectivity index is 1.75. The molecule has 0 unspecified atom stereocenters. The van der Waals surface area contributed by atoms with E-state index in [2.05, 4.69) is 5.32 Å². The third-order valence-corrected chi connectivity index (χ3v) is 5.62. The highest BCUT2D eigenvalue weighted by atomic mass is 16.5. The summed E-state index contributed by atoms with van der Waals surface area (Å²) in [5.41, 5.74) is 1.11. The van der Waals surface area contributed by atoms with Crippen LogP contribution < -0.4 is 10.1 Å². The molecule has 1 aliphatic heterocycles. The van der Waals surface area contributed by atoms with E-state index in [-0.39, 0.29) is 5.91 Å².